The second kappa shape index (κ2) is 7.72. The number of hydrogen-bond acceptors (Lipinski definition) is 5. The number of carbonyl (C=O) groups is 1. The van der Waals surface area contributed by atoms with E-state index >= 15 is 0 Å². The fourth-order valence-corrected chi connectivity index (χ4v) is 4.63. The van der Waals surface area contributed by atoms with E-state index in [1.807, 2.05) is 36.1 Å². The Balaban J connectivity index is 1.19. The molecule has 1 amide bonds. The van der Waals surface area contributed by atoms with Crippen molar-refractivity contribution < 1.29 is 13.7 Å². The third-order valence-corrected chi connectivity index (χ3v) is 6.34. The molecule has 1 unspecified atom stereocenters. The van der Waals surface area contributed by atoms with E-state index in [0.717, 1.165) is 54.8 Å². The highest BCUT2D eigenvalue weighted by Gasteiger charge is 2.30. The van der Waals surface area contributed by atoms with Crippen LogP contribution in [0.1, 0.15) is 41.7 Å². The van der Waals surface area contributed by atoms with E-state index in [4.69, 9.17) is 4.52 Å². The molecule has 5 rings (SSSR count). The zero-order valence-corrected chi connectivity index (χ0v) is 17.0. The summed E-state index contributed by atoms with van der Waals surface area (Å²) in [7, 11) is 0. The third kappa shape index (κ3) is 3.43. The Labute approximate surface area is 174 Å². The molecule has 1 atom stereocenters. The van der Waals surface area contributed by atoms with Crippen LogP contribution in [-0.4, -0.2) is 53.2 Å². The number of amides is 1. The third-order valence-electron chi connectivity index (χ3n) is 6.34. The van der Waals surface area contributed by atoms with Crippen LogP contribution in [0, 0.1) is 5.82 Å². The maximum atomic E-state index is 13.4. The Kier molecular flexibility index (Phi) is 4.90. The highest BCUT2D eigenvalue weighted by molar-refractivity contribution is 6.01. The zero-order chi connectivity index (χ0) is 20.7. The molecule has 0 spiro atoms. The van der Waals surface area contributed by atoms with Crippen molar-refractivity contribution in [3.63, 3.8) is 0 Å². The van der Waals surface area contributed by atoms with E-state index in [9.17, 15) is 9.18 Å². The molecule has 3 aromatic rings. The molecule has 1 saturated heterocycles. The second-order valence-electron chi connectivity index (χ2n) is 8.19. The van der Waals surface area contributed by atoms with Gasteiger partial charge in [0.1, 0.15) is 5.82 Å². The first-order valence-corrected chi connectivity index (χ1v) is 10.5. The summed E-state index contributed by atoms with van der Waals surface area (Å²) in [6.07, 6.45) is 1.93. The average Bonchev–Trinajstić information content (AvgIpc) is 3.17. The van der Waals surface area contributed by atoms with Crippen LogP contribution in [0.25, 0.3) is 11.0 Å². The Morgan fingerprint density at radius 3 is 2.80 bits per heavy atom. The number of hydrogen-bond donors (Lipinski definition) is 1. The topological polar surface area (TPSA) is 61.6 Å². The SMILES string of the molecule is CC1Nc2ccccc2C(=O)N1CCN1CCC(c2noc3cc(F)ccc23)CC1. The molecule has 0 radical (unpaired) electrons. The van der Waals surface area contributed by atoms with Crippen LogP contribution < -0.4 is 5.32 Å². The number of aromatic nitrogens is 1. The summed E-state index contributed by atoms with van der Waals surface area (Å²) in [5.74, 6) is 0.101. The predicted molar refractivity (Wildman–Crippen MR) is 113 cm³/mol. The minimum absolute atomic E-state index is 0.0215. The van der Waals surface area contributed by atoms with Crippen LogP contribution in [0.5, 0.6) is 0 Å². The number of likely N-dealkylation sites (tertiary alicyclic amines) is 1. The summed E-state index contributed by atoms with van der Waals surface area (Å²) in [5.41, 5.74) is 3.10. The van der Waals surface area contributed by atoms with Gasteiger partial charge in [-0.15, -0.1) is 0 Å². The molecule has 30 heavy (non-hydrogen) atoms. The number of nitrogens with one attached hydrogen (secondary N) is 1. The van der Waals surface area contributed by atoms with Crippen molar-refractivity contribution in [3.05, 3.63) is 59.5 Å². The van der Waals surface area contributed by atoms with Gasteiger partial charge in [-0.2, -0.15) is 0 Å². The zero-order valence-electron chi connectivity index (χ0n) is 17.0. The minimum atomic E-state index is -0.307. The summed E-state index contributed by atoms with van der Waals surface area (Å²) >= 11 is 0. The van der Waals surface area contributed by atoms with Gasteiger partial charge < -0.3 is 19.6 Å². The van der Waals surface area contributed by atoms with E-state index in [1.54, 1.807) is 6.07 Å². The highest BCUT2D eigenvalue weighted by atomic mass is 19.1. The lowest BCUT2D eigenvalue weighted by Crippen LogP contribution is -2.50. The van der Waals surface area contributed by atoms with Crippen molar-refractivity contribution in [2.24, 2.45) is 0 Å². The number of nitrogens with zero attached hydrogens (tertiary/aromatic N) is 3. The lowest BCUT2D eigenvalue weighted by molar-refractivity contribution is 0.0664. The molecule has 2 aliphatic rings. The first-order chi connectivity index (χ1) is 14.6. The van der Waals surface area contributed by atoms with Gasteiger partial charge in [0, 0.05) is 36.1 Å². The van der Waals surface area contributed by atoms with Crippen molar-refractivity contribution in [2.75, 3.05) is 31.5 Å². The van der Waals surface area contributed by atoms with Gasteiger partial charge in [-0.3, -0.25) is 4.79 Å². The smallest absolute Gasteiger partial charge is 0.257 e. The standard InChI is InChI=1S/C23H25FN4O2/c1-15-25-20-5-3-2-4-18(20)23(29)28(15)13-12-27-10-8-16(9-11-27)22-19-7-6-17(24)14-21(19)30-26-22/h2-7,14-16,25H,8-13H2,1H3. The second-order valence-corrected chi connectivity index (χ2v) is 8.19. The highest BCUT2D eigenvalue weighted by Crippen LogP contribution is 2.33. The normalized spacial score (nSPS) is 20.4. The Hall–Kier alpha value is -2.93. The molecule has 156 valence electrons. The number of piperidine rings is 1. The lowest BCUT2D eigenvalue weighted by Gasteiger charge is -2.38. The largest absolute Gasteiger partial charge is 0.365 e. The van der Waals surface area contributed by atoms with Gasteiger partial charge >= 0.3 is 0 Å². The summed E-state index contributed by atoms with van der Waals surface area (Å²) in [6, 6.07) is 12.3. The van der Waals surface area contributed by atoms with Gasteiger partial charge in [-0.25, -0.2) is 4.39 Å². The maximum Gasteiger partial charge on any atom is 0.257 e. The molecular formula is C23H25FN4O2. The van der Waals surface area contributed by atoms with E-state index in [1.165, 1.54) is 12.1 Å². The lowest BCUT2D eigenvalue weighted by atomic mass is 9.91. The van der Waals surface area contributed by atoms with Crippen LogP contribution in [0.4, 0.5) is 10.1 Å². The fourth-order valence-electron chi connectivity index (χ4n) is 4.63. The average molecular weight is 408 g/mol. The molecule has 2 aromatic carbocycles. The number of carbonyl (C=O) groups excluding carboxylic acids is 1. The molecule has 6 nitrogen and oxygen atoms in total. The summed E-state index contributed by atoms with van der Waals surface area (Å²) in [5, 5.41) is 8.55. The van der Waals surface area contributed by atoms with E-state index in [2.05, 4.69) is 15.4 Å². The molecule has 1 N–H and O–H groups in total. The van der Waals surface area contributed by atoms with Gasteiger partial charge in [0.05, 0.1) is 17.4 Å². The number of benzene rings is 2. The Morgan fingerprint density at radius 1 is 1.17 bits per heavy atom. The Bertz CT molecular complexity index is 1070. The quantitative estimate of drug-likeness (QED) is 0.705. The summed E-state index contributed by atoms with van der Waals surface area (Å²) < 4.78 is 18.7. The van der Waals surface area contributed by atoms with E-state index in [0.29, 0.717) is 18.0 Å². The molecule has 0 bridgehead atoms. The molecule has 2 aliphatic heterocycles. The first kappa shape index (κ1) is 19.1. The number of halogens is 1. The monoisotopic (exact) mass is 408 g/mol. The first-order valence-electron chi connectivity index (χ1n) is 10.5. The van der Waals surface area contributed by atoms with Gasteiger partial charge in [0.2, 0.25) is 0 Å². The summed E-state index contributed by atoms with van der Waals surface area (Å²) in [4.78, 5) is 17.2. The number of para-hydroxylation sites is 1. The van der Waals surface area contributed by atoms with Crippen molar-refractivity contribution >= 4 is 22.6 Å². The molecule has 1 aromatic heterocycles. The van der Waals surface area contributed by atoms with E-state index < -0.39 is 0 Å². The van der Waals surface area contributed by atoms with Crippen LogP contribution in [-0.2, 0) is 0 Å². The summed E-state index contributed by atoms with van der Waals surface area (Å²) in [6.45, 7) is 5.45. The van der Waals surface area contributed by atoms with Crippen molar-refractivity contribution in [3.8, 4) is 0 Å². The number of fused-ring (bicyclic) bond motifs is 2. The molecule has 0 saturated carbocycles. The van der Waals surface area contributed by atoms with Crippen molar-refractivity contribution in [2.45, 2.75) is 31.8 Å². The van der Waals surface area contributed by atoms with Crippen molar-refractivity contribution in [1.82, 2.24) is 15.0 Å². The van der Waals surface area contributed by atoms with Crippen LogP contribution in [0.3, 0.4) is 0 Å². The van der Waals surface area contributed by atoms with Gasteiger partial charge in [0.25, 0.3) is 5.91 Å². The van der Waals surface area contributed by atoms with Crippen LogP contribution in [0.15, 0.2) is 47.0 Å². The molecular weight excluding hydrogens is 383 g/mol. The van der Waals surface area contributed by atoms with Crippen molar-refractivity contribution in [1.29, 1.82) is 0 Å². The van der Waals surface area contributed by atoms with Crippen LogP contribution in [0.2, 0.25) is 0 Å². The van der Waals surface area contributed by atoms with Gasteiger partial charge in [0.15, 0.2) is 5.58 Å². The van der Waals surface area contributed by atoms with Gasteiger partial charge in [-0.05, 0) is 57.1 Å². The molecule has 0 aliphatic carbocycles. The minimum Gasteiger partial charge on any atom is -0.365 e. The molecule has 7 heteroatoms. The maximum absolute atomic E-state index is 13.4. The number of anilines is 1. The van der Waals surface area contributed by atoms with E-state index in [-0.39, 0.29) is 17.9 Å². The van der Waals surface area contributed by atoms with Crippen LogP contribution >= 0.6 is 0 Å². The Morgan fingerprint density at radius 2 is 1.97 bits per heavy atom. The van der Waals surface area contributed by atoms with Gasteiger partial charge in [-0.1, -0.05) is 17.3 Å². The molecule has 3 heterocycles. The fraction of sp³-hybridized carbons (Fsp3) is 0.391. The number of rotatable bonds is 4. The predicted octanol–water partition coefficient (Wildman–Crippen LogP) is 4.06. The molecule has 1 fully saturated rings.